The highest BCUT2D eigenvalue weighted by Crippen LogP contribution is 2.47. The van der Waals surface area contributed by atoms with Crippen molar-refractivity contribution in [2.45, 2.75) is 343 Å². The summed E-state index contributed by atoms with van der Waals surface area (Å²) in [5, 5.41) is 420. The lowest BCUT2D eigenvalue weighted by Gasteiger charge is -2.53. The van der Waals surface area contributed by atoms with Crippen LogP contribution in [0.5, 0.6) is 0 Å². The number of aliphatic carboxylic acids is 5. The van der Waals surface area contributed by atoms with E-state index in [0.717, 1.165) is 0 Å². The molecule has 10 aliphatic rings. The molecule has 0 spiro atoms. The maximum Gasteiger partial charge on any atom is 0.364 e. The highest BCUT2D eigenvalue weighted by molar-refractivity contribution is 5.78. The minimum absolute atomic E-state index is 1.12. The second-order valence-corrected chi connectivity index (χ2v) is 32.5. The van der Waals surface area contributed by atoms with E-state index < -0.39 is 426 Å². The Labute approximate surface area is 732 Å². The molecule has 10 heterocycles. The average molecular weight is 1930 g/mol. The Bertz CT molecular complexity index is 3680. The van der Waals surface area contributed by atoms with Crippen LogP contribution in [0.15, 0.2) is 0 Å². The average Bonchev–Trinajstić information content (AvgIpc) is 0.741. The van der Waals surface area contributed by atoms with Gasteiger partial charge in [-0.15, -0.1) is 0 Å². The van der Waals surface area contributed by atoms with Crippen molar-refractivity contribution in [2.75, 3.05) is 52.9 Å². The zero-order chi connectivity index (χ0) is 97.5. The molecule has 0 aromatic rings. The van der Waals surface area contributed by atoms with E-state index in [-0.39, 0.29) is 0 Å². The first-order chi connectivity index (χ1) is 61.4. The summed E-state index contributed by atoms with van der Waals surface area (Å²) in [5.74, 6) is -23.0. The van der Waals surface area contributed by atoms with E-state index in [2.05, 4.69) is 0 Å². The number of ether oxygens (including phenoxy) is 19. The van der Waals surface area contributed by atoms with Crippen LogP contribution in [0.4, 0.5) is 0 Å². The molecule has 758 valence electrons. The molecule has 0 radical (unpaired) electrons. The van der Waals surface area contributed by atoms with Gasteiger partial charge in [-0.2, -0.15) is 0 Å². The van der Waals surface area contributed by atoms with Gasteiger partial charge in [0.15, 0.2) is 56.2 Å². The lowest BCUT2D eigenvalue weighted by atomic mass is 9.88. The van der Waals surface area contributed by atoms with Gasteiger partial charge in [0, 0.05) is 19.3 Å². The normalized spacial score (nSPS) is 48.7. The number of carboxylic acid groups (broad SMARTS) is 5. The predicted octanol–water partition coefficient (Wildman–Crippen LogP) is -25.0. The second-order valence-electron chi connectivity index (χ2n) is 32.5. The van der Waals surface area contributed by atoms with E-state index in [0.29, 0.717) is 0 Å². The van der Waals surface area contributed by atoms with Crippen LogP contribution in [-0.2, 0) is 114 Å². The summed E-state index contributed by atoms with van der Waals surface area (Å²) in [6.07, 6.45) is -135. The minimum Gasteiger partial charge on any atom is -0.479 e. The fraction of sp³-hybridized carbons (Fsp3) is 0.928. The first-order valence-electron chi connectivity index (χ1n) is 40.1. The van der Waals surface area contributed by atoms with E-state index in [1.807, 2.05) is 0 Å². The summed E-state index contributed by atoms with van der Waals surface area (Å²) in [4.78, 5) is 65.9. The van der Waals surface area contributed by atoms with Crippen molar-refractivity contribution >= 4 is 29.8 Å². The van der Waals surface area contributed by atoms with Gasteiger partial charge in [-0.25, -0.2) is 24.0 Å². The van der Waals surface area contributed by atoms with Gasteiger partial charge in [0.2, 0.25) is 0 Å². The molecule has 38 N–H and O–H groups in total. The third kappa shape index (κ3) is 22.4. The summed E-state index contributed by atoms with van der Waals surface area (Å²) in [6, 6.07) is 0. The first-order valence-corrected chi connectivity index (χ1v) is 40.1. The number of hydrogen-bond acceptors (Lipinski definition) is 57. The molecule has 0 aliphatic carbocycles. The molecule has 62 nitrogen and oxygen atoms in total. The Balaban J connectivity index is 1.09. The second kappa shape index (κ2) is 44.6. The zero-order valence-electron chi connectivity index (χ0n) is 67.4. The highest BCUT2D eigenvalue weighted by Gasteiger charge is 2.67. The minimum atomic E-state index is -3.95. The standard InChI is InChI=1S/C69H110O62/c70-4-13(77)42-31(91)29(89)34(94)57(117-42)113-10-18(82)43-39(99)49(121-61-38(98)33(93)50(54(126-61)56(104)105)122-59-36(96)27(87)24(84)21(9-75)115-59)40(100)62(118-43)123-51-41(101)63(119-46(16(80)7-73)53(51)125-60-37(97)28(88)25(85)22(116-60)11-114-58-35(95)30(90)32(92)52(124-58)55(102)103)120-48-20(2-67(112,64(106)107)129-47(48)17(81)8-74)128-69(66(110)111)3-19(26(86)45(131-69)15(79)6-72)127-68(65(108)109)1-12(76)23(83)44(130-68)14(78)5-71/h12-54,57-63,70-101,112H,1-11H2,(H,102,103)(H,104,105)(H,106,107)(H,108,109)(H,110,111)/t12-,13+,14-,15-,16+,17-,18+,19-,20-,21-,22-,23-,24-,25-,26-,27+,28+,29+,30+,31+,32-,33-,34+,35-,36-,37-,38-,39-,40+,41+,42-,43-,44-,45-,46-,47-,48-,49+,50-,51-,52+,53-,54+,57+,58-,59-,60+,61+,62-,63-,67-,68-,69-/m1/s1. The van der Waals surface area contributed by atoms with Crippen LogP contribution < -0.4 is 0 Å². The third-order valence-electron chi connectivity index (χ3n) is 23.6. The molecule has 62 heteroatoms. The Morgan fingerprint density at radius 3 is 1.22 bits per heavy atom. The van der Waals surface area contributed by atoms with Crippen molar-refractivity contribution in [3.8, 4) is 0 Å². The third-order valence-corrected chi connectivity index (χ3v) is 23.6. The fourth-order valence-corrected chi connectivity index (χ4v) is 16.3. The fourth-order valence-electron chi connectivity index (χ4n) is 16.3. The molecule has 10 aliphatic heterocycles. The monoisotopic (exact) mass is 1930 g/mol. The molecular weight excluding hydrogens is 1820 g/mol. The molecule has 131 heavy (non-hydrogen) atoms. The van der Waals surface area contributed by atoms with Gasteiger partial charge in [0.05, 0.1) is 71.2 Å². The van der Waals surface area contributed by atoms with Crippen molar-refractivity contribution in [3.63, 3.8) is 0 Å². The van der Waals surface area contributed by atoms with Crippen LogP contribution >= 0.6 is 0 Å². The van der Waals surface area contributed by atoms with Crippen molar-refractivity contribution in [1.29, 1.82) is 0 Å². The van der Waals surface area contributed by atoms with Gasteiger partial charge in [-0.05, 0) is 0 Å². The van der Waals surface area contributed by atoms with Gasteiger partial charge < -0.3 is 284 Å². The molecule has 0 aromatic heterocycles. The summed E-state index contributed by atoms with van der Waals surface area (Å²) < 4.78 is 108. The van der Waals surface area contributed by atoms with Crippen LogP contribution in [0.3, 0.4) is 0 Å². The van der Waals surface area contributed by atoms with E-state index in [4.69, 9.17) is 90.0 Å². The largest absolute Gasteiger partial charge is 0.479 e. The molecule has 0 unspecified atom stereocenters. The van der Waals surface area contributed by atoms with Crippen molar-refractivity contribution in [3.05, 3.63) is 0 Å². The van der Waals surface area contributed by atoms with Crippen LogP contribution in [-0.4, -0.2) is 601 Å². The van der Waals surface area contributed by atoms with Crippen molar-refractivity contribution in [2.24, 2.45) is 0 Å². The highest BCUT2D eigenvalue weighted by atomic mass is 16.8. The summed E-state index contributed by atoms with van der Waals surface area (Å²) >= 11 is 0. The Morgan fingerprint density at radius 1 is 0.298 bits per heavy atom. The molecule has 10 rings (SSSR count). The Hall–Kier alpha value is -4.73. The van der Waals surface area contributed by atoms with Gasteiger partial charge in [-0.3, -0.25) is 0 Å². The molecule has 0 saturated carbocycles. The van der Waals surface area contributed by atoms with Gasteiger partial charge in [0.25, 0.3) is 17.4 Å². The van der Waals surface area contributed by atoms with E-state index >= 15 is 0 Å². The molecule has 0 bridgehead atoms. The predicted molar refractivity (Wildman–Crippen MR) is 382 cm³/mol. The number of aliphatic hydroxyl groups is 33. The molecule has 0 aromatic carbocycles. The zero-order valence-corrected chi connectivity index (χ0v) is 67.4. The quantitative estimate of drug-likeness (QED) is 0.0275. The maximum atomic E-state index is 14.2. The Morgan fingerprint density at radius 2 is 0.687 bits per heavy atom. The number of carboxylic acids is 5. The molecule has 0 amide bonds. The Kier molecular flexibility index (Phi) is 36.9. The summed E-state index contributed by atoms with van der Waals surface area (Å²) in [6.45, 7) is -11.5. The van der Waals surface area contributed by atoms with Gasteiger partial charge >= 0.3 is 29.8 Å². The molecule has 10 fully saturated rings. The van der Waals surface area contributed by atoms with Crippen LogP contribution in [0.2, 0.25) is 0 Å². The SMILES string of the molecule is O=C(O)[C@H]1O[C@@H](OC[C@H]2O[C@@H](O[C@H]3[C@H](O[C@H]4O[C@H]([C@@H](O)CO[C@H]5O[C@H]([C@@H](O)CO)[C@@H](O)[C@H](O)[C@@H]5O)[C@@H](O)[C@H](O[C@H]5O[C@H](C(=O)O)[C@H](O[C@H]6O[C@H](CO)[C@@H](O)[C@H](O)[C@H]6O)[C@H](O)[C@H]5O)[C@@H]4O)[C@H](O)[C@@H](O[C@H]4[C@@H]([C@H](O)CO)O[C@@](O)(C(=O)O)C[C@H]4O[C@]4(C(=O)O)C[C@@H](O[C@]5(C(=O)O)C[C@@H](O)[C@@H](O)[C@@H]([C@H](O)CO)O5)[C@@H](O)[C@@H]([C@H](O)CO)O4)O[C@@H]3[C@@H](O)CO)[C@H](O)[C@@H](O)[C@@H]2O)[C@H](O)[C@@H](O)[C@H]1O. The van der Waals surface area contributed by atoms with Gasteiger partial charge in [-0.1, -0.05) is 0 Å². The summed E-state index contributed by atoms with van der Waals surface area (Å²) in [7, 11) is 0. The lowest BCUT2D eigenvalue weighted by Crippen LogP contribution is -2.71. The van der Waals surface area contributed by atoms with Gasteiger partial charge in [0.1, 0.15) is 232 Å². The number of carbonyl (C=O) groups is 5. The van der Waals surface area contributed by atoms with Crippen LogP contribution in [0.1, 0.15) is 19.3 Å². The van der Waals surface area contributed by atoms with Crippen molar-refractivity contribution < 1.29 is 308 Å². The van der Waals surface area contributed by atoms with E-state index in [1.54, 1.807) is 0 Å². The smallest absolute Gasteiger partial charge is 0.364 e. The first kappa shape index (κ1) is 108. The van der Waals surface area contributed by atoms with Crippen LogP contribution in [0.25, 0.3) is 0 Å². The molecular formula is C69H110O62. The molecule has 53 atom stereocenters. The van der Waals surface area contributed by atoms with Crippen molar-refractivity contribution in [1.82, 2.24) is 0 Å². The lowest BCUT2D eigenvalue weighted by molar-refractivity contribution is -0.419. The number of aliphatic hydroxyl groups excluding tert-OH is 32. The summed E-state index contributed by atoms with van der Waals surface area (Å²) in [5.41, 5.74) is 0. The van der Waals surface area contributed by atoms with Crippen LogP contribution in [0, 0.1) is 0 Å². The number of hydrogen-bond donors (Lipinski definition) is 38. The maximum absolute atomic E-state index is 14.2. The topological polar surface area (TPSA) is 1030 Å². The molecule has 10 saturated heterocycles. The number of rotatable bonds is 37. The van der Waals surface area contributed by atoms with E-state index in [1.165, 1.54) is 0 Å². The van der Waals surface area contributed by atoms with E-state index in [9.17, 15) is 218 Å².